The Balaban J connectivity index is 2.40. The molecule has 0 radical (unpaired) electrons. The average Bonchev–Trinajstić information content (AvgIpc) is 2.61. The van der Waals surface area contributed by atoms with Crippen molar-refractivity contribution in [3.63, 3.8) is 0 Å². The summed E-state index contributed by atoms with van der Waals surface area (Å²) in [7, 11) is 0. The predicted molar refractivity (Wildman–Crippen MR) is 56.7 cm³/mol. The molecule has 1 aromatic heterocycles. The molecule has 2 rings (SSSR count). The minimum Gasteiger partial charge on any atom is -0.457 e. The standard InChI is InChI=1S/C12H11FO3/c1-7(2)15-12(14)10-6-8-4-3-5-9(13)11(8)16-10/h3-7H,1-2H3. The quantitative estimate of drug-likeness (QED) is 0.733. The second-order valence-corrected chi connectivity index (χ2v) is 3.72. The number of rotatable bonds is 2. The molecule has 0 atom stereocenters. The first-order chi connectivity index (χ1) is 7.58. The molecule has 0 fully saturated rings. The Morgan fingerprint density at radius 1 is 1.44 bits per heavy atom. The van der Waals surface area contributed by atoms with Crippen molar-refractivity contribution in [1.29, 1.82) is 0 Å². The Morgan fingerprint density at radius 2 is 2.19 bits per heavy atom. The summed E-state index contributed by atoms with van der Waals surface area (Å²) >= 11 is 0. The van der Waals surface area contributed by atoms with E-state index in [2.05, 4.69) is 0 Å². The molecular weight excluding hydrogens is 211 g/mol. The van der Waals surface area contributed by atoms with Crippen LogP contribution in [0.5, 0.6) is 0 Å². The zero-order valence-electron chi connectivity index (χ0n) is 8.99. The maximum Gasteiger partial charge on any atom is 0.374 e. The van der Waals surface area contributed by atoms with E-state index in [0.29, 0.717) is 5.39 Å². The smallest absolute Gasteiger partial charge is 0.374 e. The van der Waals surface area contributed by atoms with Gasteiger partial charge in [0.15, 0.2) is 11.4 Å². The van der Waals surface area contributed by atoms with Gasteiger partial charge in [0, 0.05) is 5.39 Å². The second kappa shape index (κ2) is 3.96. The largest absolute Gasteiger partial charge is 0.457 e. The van der Waals surface area contributed by atoms with E-state index in [-0.39, 0.29) is 17.4 Å². The highest BCUT2D eigenvalue weighted by Crippen LogP contribution is 2.22. The van der Waals surface area contributed by atoms with Crippen LogP contribution in [0.4, 0.5) is 4.39 Å². The normalized spacial score (nSPS) is 11.0. The second-order valence-electron chi connectivity index (χ2n) is 3.72. The molecule has 0 aliphatic rings. The number of halogens is 1. The van der Waals surface area contributed by atoms with Crippen LogP contribution in [0.2, 0.25) is 0 Å². The zero-order valence-corrected chi connectivity index (χ0v) is 8.99. The third-order valence-electron chi connectivity index (χ3n) is 2.04. The molecule has 0 bridgehead atoms. The molecule has 1 aromatic carbocycles. The maximum atomic E-state index is 13.3. The summed E-state index contributed by atoms with van der Waals surface area (Å²) in [5.74, 6) is -1.04. The van der Waals surface area contributed by atoms with Crippen molar-refractivity contribution in [2.75, 3.05) is 0 Å². The highest BCUT2D eigenvalue weighted by molar-refractivity contribution is 5.92. The van der Waals surface area contributed by atoms with E-state index >= 15 is 0 Å². The van der Waals surface area contributed by atoms with Crippen LogP contribution in [0, 0.1) is 5.82 Å². The van der Waals surface area contributed by atoms with Crippen LogP contribution in [0.1, 0.15) is 24.4 Å². The van der Waals surface area contributed by atoms with Crippen LogP contribution in [0.15, 0.2) is 28.7 Å². The Bertz CT molecular complexity index is 528. The van der Waals surface area contributed by atoms with Gasteiger partial charge in [-0.05, 0) is 26.0 Å². The predicted octanol–water partition coefficient (Wildman–Crippen LogP) is 3.14. The molecule has 2 aromatic rings. The lowest BCUT2D eigenvalue weighted by Crippen LogP contribution is -2.10. The summed E-state index contributed by atoms with van der Waals surface area (Å²) in [5, 5.41) is 0.552. The van der Waals surface area contributed by atoms with Gasteiger partial charge in [-0.25, -0.2) is 9.18 Å². The van der Waals surface area contributed by atoms with E-state index in [4.69, 9.17) is 9.15 Å². The van der Waals surface area contributed by atoms with E-state index < -0.39 is 11.8 Å². The fraction of sp³-hybridized carbons (Fsp3) is 0.250. The molecule has 0 aliphatic heterocycles. The average molecular weight is 222 g/mol. The van der Waals surface area contributed by atoms with E-state index in [9.17, 15) is 9.18 Å². The molecule has 0 aliphatic carbocycles. The first kappa shape index (κ1) is 10.7. The summed E-state index contributed by atoms with van der Waals surface area (Å²) < 4.78 is 23.3. The summed E-state index contributed by atoms with van der Waals surface area (Å²) in [6, 6.07) is 5.99. The number of carbonyl (C=O) groups is 1. The van der Waals surface area contributed by atoms with Crippen molar-refractivity contribution in [3.8, 4) is 0 Å². The van der Waals surface area contributed by atoms with Crippen molar-refractivity contribution in [3.05, 3.63) is 35.8 Å². The third kappa shape index (κ3) is 1.91. The number of esters is 1. The number of ether oxygens (including phenoxy) is 1. The van der Waals surface area contributed by atoms with E-state index in [1.165, 1.54) is 12.1 Å². The van der Waals surface area contributed by atoms with E-state index in [1.54, 1.807) is 26.0 Å². The van der Waals surface area contributed by atoms with Crippen LogP contribution in [-0.4, -0.2) is 12.1 Å². The van der Waals surface area contributed by atoms with Gasteiger partial charge < -0.3 is 9.15 Å². The molecule has 16 heavy (non-hydrogen) atoms. The topological polar surface area (TPSA) is 39.4 Å². The van der Waals surface area contributed by atoms with Crippen LogP contribution >= 0.6 is 0 Å². The van der Waals surface area contributed by atoms with Crippen LogP contribution in [0.25, 0.3) is 11.0 Å². The monoisotopic (exact) mass is 222 g/mol. The maximum absolute atomic E-state index is 13.3. The van der Waals surface area contributed by atoms with Crippen molar-refractivity contribution < 1.29 is 18.3 Å². The Labute approximate surface area is 91.8 Å². The van der Waals surface area contributed by atoms with Gasteiger partial charge in [0.05, 0.1) is 6.10 Å². The van der Waals surface area contributed by atoms with Gasteiger partial charge in [-0.3, -0.25) is 0 Å². The molecule has 0 N–H and O–H groups in total. The van der Waals surface area contributed by atoms with Gasteiger partial charge in [-0.15, -0.1) is 0 Å². The molecule has 0 saturated carbocycles. The van der Waals surface area contributed by atoms with E-state index in [0.717, 1.165) is 0 Å². The summed E-state index contributed by atoms with van der Waals surface area (Å²) in [4.78, 5) is 11.5. The SMILES string of the molecule is CC(C)OC(=O)c1cc2cccc(F)c2o1. The Morgan fingerprint density at radius 3 is 2.81 bits per heavy atom. The van der Waals surface area contributed by atoms with Crippen molar-refractivity contribution in [1.82, 2.24) is 0 Å². The first-order valence-electron chi connectivity index (χ1n) is 4.97. The Kier molecular flexibility index (Phi) is 2.64. The third-order valence-corrected chi connectivity index (χ3v) is 2.04. The summed E-state index contributed by atoms with van der Waals surface area (Å²) in [5.41, 5.74) is 0.0817. The lowest BCUT2D eigenvalue weighted by molar-refractivity contribution is 0.0344. The van der Waals surface area contributed by atoms with Crippen molar-refractivity contribution >= 4 is 16.9 Å². The number of benzene rings is 1. The number of carbonyl (C=O) groups excluding carboxylic acids is 1. The molecule has 0 unspecified atom stereocenters. The molecule has 84 valence electrons. The number of furan rings is 1. The molecular formula is C12H11FO3. The fourth-order valence-corrected chi connectivity index (χ4v) is 1.40. The molecule has 0 saturated heterocycles. The molecule has 3 nitrogen and oxygen atoms in total. The minimum absolute atomic E-state index is 0.0220. The number of para-hydroxylation sites is 1. The van der Waals surface area contributed by atoms with Gasteiger partial charge in [0.2, 0.25) is 5.76 Å². The first-order valence-corrected chi connectivity index (χ1v) is 4.97. The highest BCUT2D eigenvalue weighted by atomic mass is 19.1. The number of hydrogen-bond donors (Lipinski definition) is 0. The molecule has 0 amide bonds. The number of hydrogen-bond acceptors (Lipinski definition) is 3. The highest BCUT2D eigenvalue weighted by Gasteiger charge is 2.16. The Hall–Kier alpha value is -1.84. The van der Waals surface area contributed by atoms with Gasteiger partial charge in [0.1, 0.15) is 0 Å². The lowest BCUT2D eigenvalue weighted by Gasteiger charge is -2.04. The van der Waals surface area contributed by atoms with Gasteiger partial charge in [-0.2, -0.15) is 0 Å². The van der Waals surface area contributed by atoms with Gasteiger partial charge in [-0.1, -0.05) is 12.1 Å². The van der Waals surface area contributed by atoms with Crippen LogP contribution < -0.4 is 0 Å². The summed E-state index contributed by atoms with van der Waals surface area (Å²) in [6.45, 7) is 3.47. The minimum atomic E-state index is -0.578. The van der Waals surface area contributed by atoms with Crippen molar-refractivity contribution in [2.24, 2.45) is 0 Å². The fourth-order valence-electron chi connectivity index (χ4n) is 1.40. The molecule has 4 heteroatoms. The van der Waals surface area contributed by atoms with Crippen LogP contribution in [-0.2, 0) is 4.74 Å². The molecule has 0 spiro atoms. The van der Waals surface area contributed by atoms with Crippen LogP contribution in [0.3, 0.4) is 0 Å². The van der Waals surface area contributed by atoms with E-state index in [1.807, 2.05) is 0 Å². The van der Waals surface area contributed by atoms with Gasteiger partial charge in [0.25, 0.3) is 0 Å². The number of fused-ring (bicyclic) bond motifs is 1. The van der Waals surface area contributed by atoms with Crippen molar-refractivity contribution in [2.45, 2.75) is 20.0 Å². The zero-order chi connectivity index (χ0) is 11.7. The summed E-state index contributed by atoms with van der Waals surface area (Å²) in [6.07, 6.45) is -0.231. The molecule has 1 heterocycles. The van der Waals surface area contributed by atoms with Gasteiger partial charge >= 0.3 is 5.97 Å². The lowest BCUT2D eigenvalue weighted by atomic mass is 10.2.